The molecule has 5 nitrogen and oxygen atoms in total. The molecular weight excluding hydrogens is 240 g/mol. The number of pyridine rings is 1. The highest BCUT2D eigenvalue weighted by Gasteiger charge is 2.33. The summed E-state index contributed by atoms with van der Waals surface area (Å²) in [5.74, 6) is 0.761. The Kier molecular flexibility index (Phi) is 2.77. The van der Waals surface area contributed by atoms with Crippen LogP contribution in [0.4, 0.5) is 5.95 Å². The summed E-state index contributed by atoms with van der Waals surface area (Å²) in [7, 11) is 0. The third-order valence-electron chi connectivity index (χ3n) is 4.15. The molecular formula is C14H18N4O. The number of nitrogens with one attached hydrogen (secondary N) is 1. The topological polar surface area (TPSA) is 61.9 Å². The Hall–Kier alpha value is -1.91. The fourth-order valence-electron chi connectivity index (χ4n) is 2.57. The van der Waals surface area contributed by atoms with Crippen molar-refractivity contribution in [2.45, 2.75) is 26.7 Å². The van der Waals surface area contributed by atoms with E-state index in [1.54, 1.807) is 12.3 Å². The van der Waals surface area contributed by atoms with E-state index in [0.717, 1.165) is 24.6 Å². The van der Waals surface area contributed by atoms with Crippen LogP contribution in [-0.4, -0.2) is 28.0 Å². The van der Waals surface area contributed by atoms with E-state index < -0.39 is 0 Å². The van der Waals surface area contributed by atoms with Crippen LogP contribution in [0.15, 0.2) is 23.1 Å². The zero-order valence-electron chi connectivity index (χ0n) is 11.3. The monoisotopic (exact) mass is 258 g/mol. The van der Waals surface area contributed by atoms with Gasteiger partial charge in [0.15, 0.2) is 0 Å². The third kappa shape index (κ3) is 2.20. The summed E-state index contributed by atoms with van der Waals surface area (Å²) in [6.45, 7) is 6.54. The van der Waals surface area contributed by atoms with E-state index in [-0.39, 0.29) is 5.56 Å². The van der Waals surface area contributed by atoms with Crippen molar-refractivity contribution in [1.82, 2.24) is 15.0 Å². The lowest BCUT2D eigenvalue weighted by molar-refractivity contribution is 0.355. The fraction of sp³-hybridized carbons (Fsp3) is 0.500. The predicted molar refractivity (Wildman–Crippen MR) is 75.4 cm³/mol. The average molecular weight is 258 g/mol. The van der Waals surface area contributed by atoms with E-state index >= 15 is 0 Å². The molecule has 1 aliphatic heterocycles. The minimum absolute atomic E-state index is 0.122. The van der Waals surface area contributed by atoms with E-state index in [2.05, 4.69) is 33.7 Å². The Morgan fingerprint density at radius 2 is 2.32 bits per heavy atom. The highest BCUT2D eigenvalue weighted by molar-refractivity contribution is 5.73. The van der Waals surface area contributed by atoms with Crippen molar-refractivity contribution in [2.24, 2.45) is 5.41 Å². The number of nitrogens with zero attached hydrogens (tertiary/aromatic N) is 3. The Bertz CT molecular complexity index is 666. The van der Waals surface area contributed by atoms with Crippen LogP contribution in [0, 0.1) is 5.41 Å². The number of aromatic amines is 1. The van der Waals surface area contributed by atoms with Gasteiger partial charge in [-0.3, -0.25) is 4.79 Å². The molecule has 2 aromatic heterocycles. The largest absolute Gasteiger partial charge is 0.340 e. The van der Waals surface area contributed by atoms with E-state index in [1.807, 2.05) is 0 Å². The Morgan fingerprint density at radius 1 is 1.47 bits per heavy atom. The number of rotatable bonds is 2. The zero-order chi connectivity index (χ0) is 13.5. The van der Waals surface area contributed by atoms with Gasteiger partial charge in [-0.15, -0.1) is 0 Å². The number of anilines is 1. The molecule has 0 aliphatic carbocycles. The first-order chi connectivity index (χ1) is 9.09. The van der Waals surface area contributed by atoms with Gasteiger partial charge in [0.05, 0.1) is 17.2 Å². The first kappa shape index (κ1) is 12.1. The fourth-order valence-corrected chi connectivity index (χ4v) is 2.57. The third-order valence-corrected chi connectivity index (χ3v) is 4.15. The molecule has 1 saturated heterocycles. The summed E-state index contributed by atoms with van der Waals surface area (Å²) in [5, 5.41) is 0. The zero-order valence-corrected chi connectivity index (χ0v) is 11.3. The van der Waals surface area contributed by atoms with Crippen LogP contribution in [0.25, 0.3) is 11.0 Å². The van der Waals surface area contributed by atoms with Crippen molar-refractivity contribution >= 4 is 17.0 Å². The van der Waals surface area contributed by atoms with Crippen molar-refractivity contribution in [2.75, 3.05) is 18.0 Å². The van der Waals surface area contributed by atoms with Gasteiger partial charge in [-0.2, -0.15) is 0 Å². The molecule has 0 bridgehead atoms. The maximum Gasteiger partial charge on any atom is 0.248 e. The summed E-state index contributed by atoms with van der Waals surface area (Å²) in [6, 6.07) is 3.24. The molecule has 0 saturated carbocycles. The molecule has 0 unspecified atom stereocenters. The Morgan fingerprint density at radius 3 is 3.05 bits per heavy atom. The Labute approximate surface area is 111 Å². The molecule has 0 amide bonds. The number of H-pyrrole nitrogens is 1. The van der Waals surface area contributed by atoms with Gasteiger partial charge in [-0.05, 0) is 24.3 Å². The average Bonchev–Trinajstić information content (AvgIpc) is 2.82. The molecule has 0 radical (unpaired) electrons. The number of hydrogen-bond acceptors (Lipinski definition) is 4. The SMILES string of the molecule is CC[C@]1(C)CCN(c2ncc3[nH]c(=O)ccc3n2)C1. The maximum absolute atomic E-state index is 11.2. The predicted octanol–water partition coefficient (Wildman–Crippen LogP) is 1.94. The maximum atomic E-state index is 11.2. The second kappa shape index (κ2) is 4.33. The van der Waals surface area contributed by atoms with Gasteiger partial charge in [0, 0.05) is 19.2 Å². The lowest BCUT2D eigenvalue weighted by Crippen LogP contribution is -2.25. The van der Waals surface area contributed by atoms with Crippen molar-refractivity contribution in [3.63, 3.8) is 0 Å². The number of aromatic nitrogens is 3. The second-order valence-electron chi connectivity index (χ2n) is 5.63. The van der Waals surface area contributed by atoms with Crippen molar-refractivity contribution in [1.29, 1.82) is 0 Å². The van der Waals surface area contributed by atoms with Crippen LogP contribution in [-0.2, 0) is 0 Å². The van der Waals surface area contributed by atoms with Crippen LogP contribution in [0.1, 0.15) is 26.7 Å². The first-order valence-corrected chi connectivity index (χ1v) is 6.71. The van der Waals surface area contributed by atoms with E-state index in [1.165, 1.54) is 18.9 Å². The summed E-state index contributed by atoms with van der Waals surface area (Å²) >= 11 is 0. The highest BCUT2D eigenvalue weighted by Crippen LogP contribution is 2.34. The minimum Gasteiger partial charge on any atom is -0.340 e. The molecule has 3 rings (SSSR count). The molecule has 0 aromatic carbocycles. The molecule has 0 spiro atoms. The molecule has 1 atom stereocenters. The van der Waals surface area contributed by atoms with Gasteiger partial charge in [0.25, 0.3) is 0 Å². The summed E-state index contributed by atoms with van der Waals surface area (Å²) in [5.41, 5.74) is 1.72. The summed E-state index contributed by atoms with van der Waals surface area (Å²) < 4.78 is 0. The molecule has 2 aromatic rings. The number of fused-ring (bicyclic) bond motifs is 1. The van der Waals surface area contributed by atoms with Crippen LogP contribution in [0.2, 0.25) is 0 Å². The molecule has 1 fully saturated rings. The van der Waals surface area contributed by atoms with E-state index in [4.69, 9.17) is 0 Å². The van der Waals surface area contributed by atoms with Gasteiger partial charge < -0.3 is 9.88 Å². The van der Waals surface area contributed by atoms with Crippen LogP contribution in [0.3, 0.4) is 0 Å². The van der Waals surface area contributed by atoms with Gasteiger partial charge in [-0.25, -0.2) is 9.97 Å². The molecule has 1 N–H and O–H groups in total. The highest BCUT2D eigenvalue weighted by atomic mass is 16.1. The van der Waals surface area contributed by atoms with Crippen molar-refractivity contribution < 1.29 is 0 Å². The van der Waals surface area contributed by atoms with Gasteiger partial charge >= 0.3 is 0 Å². The lowest BCUT2D eigenvalue weighted by atomic mass is 9.87. The molecule has 5 heteroatoms. The van der Waals surface area contributed by atoms with Crippen molar-refractivity contribution in [3.05, 3.63) is 28.7 Å². The quantitative estimate of drug-likeness (QED) is 0.894. The lowest BCUT2D eigenvalue weighted by Gasteiger charge is -2.22. The summed E-state index contributed by atoms with van der Waals surface area (Å²) in [6.07, 6.45) is 4.04. The second-order valence-corrected chi connectivity index (χ2v) is 5.63. The van der Waals surface area contributed by atoms with Crippen molar-refractivity contribution in [3.8, 4) is 0 Å². The molecule has 3 heterocycles. The Balaban J connectivity index is 1.94. The molecule has 19 heavy (non-hydrogen) atoms. The normalized spacial score (nSPS) is 23.2. The van der Waals surface area contributed by atoms with Gasteiger partial charge in [-0.1, -0.05) is 13.8 Å². The van der Waals surface area contributed by atoms with Crippen LogP contribution < -0.4 is 10.5 Å². The van der Waals surface area contributed by atoms with E-state index in [9.17, 15) is 4.79 Å². The smallest absolute Gasteiger partial charge is 0.248 e. The van der Waals surface area contributed by atoms with Gasteiger partial charge in [0.1, 0.15) is 0 Å². The van der Waals surface area contributed by atoms with E-state index in [0.29, 0.717) is 10.9 Å². The first-order valence-electron chi connectivity index (χ1n) is 6.71. The van der Waals surface area contributed by atoms with Crippen LogP contribution >= 0.6 is 0 Å². The minimum atomic E-state index is -0.122. The standard InChI is InChI=1S/C14H18N4O/c1-3-14(2)6-7-18(9-14)13-15-8-11-10(17-13)4-5-12(19)16-11/h4-5,8H,3,6-7,9H2,1-2H3,(H,16,19)/t14-/m1/s1. The molecule has 1 aliphatic rings. The molecule has 100 valence electrons. The van der Waals surface area contributed by atoms with Crippen LogP contribution in [0.5, 0.6) is 0 Å². The van der Waals surface area contributed by atoms with Gasteiger partial charge in [0.2, 0.25) is 11.5 Å². The number of hydrogen-bond donors (Lipinski definition) is 1. The summed E-state index contributed by atoms with van der Waals surface area (Å²) in [4.78, 5) is 25.1.